The molecule has 6 nitrogen and oxygen atoms in total. The maximum Gasteiger partial charge on any atom is 0.328 e. The number of piperidine rings is 1. The summed E-state index contributed by atoms with van der Waals surface area (Å²) >= 11 is 0. The Kier molecular flexibility index (Phi) is 4.95. The molecule has 0 aromatic rings. The summed E-state index contributed by atoms with van der Waals surface area (Å²) < 4.78 is 0. The predicted octanol–water partition coefficient (Wildman–Crippen LogP) is 0.508. The Balaban J connectivity index is 2.57. The molecule has 0 saturated carbocycles. The Hall–Kier alpha value is -1.30. The number of likely N-dealkylation sites (tertiary alicyclic amines) is 1. The molecule has 0 spiro atoms. The Labute approximate surface area is 107 Å². The van der Waals surface area contributed by atoms with Crippen molar-refractivity contribution in [3.63, 3.8) is 0 Å². The summed E-state index contributed by atoms with van der Waals surface area (Å²) in [5.41, 5.74) is 0. The quantitative estimate of drug-likeness (QED) is 0.688. The number of carboxylic acids is 1. The SMILES string of the molecule is CC(O)C(NC(=O)N1CCC(C)C(C)C1)C(=O)O. The van der Waals surface area contributed by atoms with Crippen LogP contribution in [-0.2, 0) is 4.79 Å². The summed E-state index contributed by atoms with van der Waals surface area (Å²) in [5.74, 6) is -0.253. The minimum atomic E-state index is -1.26. The molecule has 1 saturated heterocycles. The lowest BCUT2D eigenvalue weighted by Gasteiger charge is -2.36. The van der Waals surface area contributed by atoms with Crippen molar-refractivity contribution in [2.24, 2.45) is 11.8 Å². The van der Waals surface area contributed by atoms with Gasteiger partial charge in [-0.3, -0.25) is 0 Å². The second-order valence-corrected chi connectivity index (χ2v) is 5.20. The van der Waals surface area contributed by atoms with Crippen molar-refractivity contribution in [3.8, 4) is 0 Å². The van der Waals surface area contributed by atoms with Crippen LogP contribution in [-0.4, -0.2) is 52.3 Å². The molecular formula is C12H22N2O4. The van der Waals surface area contributed by atoms with Gasteiger partial charge in [-0.1, -0.05) is 13.8 Å². The predicted molar refractivity (Wildman–Crippen MR) is 66.2 cm³/mol. The first kappa shape index (κ1) is 14.8. The molecular weight excluding hydrogens is 236 g/mol. The number of hydrogen-bond donors (Lipinski definition) is 3. The largest absolute Gasteiger partial charge is 0.480 e. The lowest BCUT2D eigenvalue weighted by Crippen LogP contribution is -2.54. The van der Waals surface area contributed by atoms with Crippen LogP contribution < -0.4 is 5.32 Å². The summed E-state index contributed by atoms with van der Waals surface area (Å²) in [5, 5.41) is 20.6. The fraction of sp³-hybridized carbons (Fsp3) is 0.833. The van der Waals surface area contributed by atoms with E-state index in [1.807, 2.05) is 0 Å². The van der Waals surface area contributed by atoms with Crippen molar-refractivity contribution in [2.45, 2.75) is 39.3 Å². The second kappa shape index (κ2) is 6.04. The number of hydrogen-bond acceptors (Lipinski definition) is 3. The number of carboxylic acid groups (broad SMARTS) is 1. The molecule has 1 aliphatic heterocycles. The fourth-order valence-corrected chi connectivity index (χ4v) is 2.06. The molecule has 0 aromatic carbocycles. The van der Waals surface area contributed by atoms with Gasteiger partial charge in [-0.15, -0.1) is 0 Å². The van der Waals surface area contributed by atoms with E-state index < -0.39 is 24.1 Å². The van der Waals surface area contributed by atoms with Crippen molar-refractivity contribution in [3.05, 3.63) is 0 Å². The fourth-order valence-electron chi connectivity index (χ4n) is 2.06. The number of nitrogens with zero attached hydrogens (tertiary/aromatic N) is 1. The van der Waals surface area contributed by atoms with E-state index in [0.717, 1.165) is 6.42 Å². The number of aliphatic carboxylic acids is 1. The highest BCUT2D eigenvalue weighted by Crippen LogP contribution is 2.22. The highest BCUT2D eigenvalue weighted by molar-refractivity contribution is 5.83. The number of amides is 2. The van der Waals surface area contributed by atoms with Gasteiger partial charge in [0.05, 0.1) is 6.10 Å². The van der Waals surface area contributed by atoms with Crippen molar-refractivity contribution in [1.29, 1.82) is 0 Å². The normalized spacial score (nSPS) is 27.4. The van der Waals surface area contributed by atoms with E-state index in [0.29, 0.717) is 24.9 Å². The molecule has 0 aliphatic carbocycles. The Morgan fingerprint density at radius 1 is 1.33 bits per heavy atom. The first-order chi connectivity index (χ1) is 8.32. The van der Waals surface area contributed by atoms with E-state index >= 15 is 0 Å². The lowest BCUT2D eigenvalue weighted by atomic mass is 9.89. The Bertz CT molecular complexity index is 319. The molecule has 6 heteroatoms. The van der Waals surface area contributed by atoms with Crippen molar-refractivity contribution >= 4 is 12.0 Å². The van der Waals surface area contributed by atoms with Gasteiger partial charge >= 0.3 is 12.0 Å². The molecule has 2 amide bonds. The third kappa shape index (κ3) is 3.60. The maximum atomic E-state index is 11.9. The zero-order valence-electron chi connectivity index (χ0n) is 11.1. The van der Waals surface area contributed by atoms with Gasteiger partial charge in [0, 0.05) is 13.1 Å². The van der Waals surface area contributed by atoms with Crippen LogP contribution in [0.4, 0.5) is 4.79 Å². The standard InChI is InChI=1S/C12H22N2O4/c1-7-4-5-14(6-8(7)2)12(18)13-10(9(3)15)11(16)17/h7-10,15H,4-6H2,1-3H3,(H,13,18)(H,16,17). The summed E-state index contributed by atoms with van der Waals surface area (Å²) in [7, 11) is 0. The zero-order valence-corrected chi connectivity index (χ0v) is 11.1. The van der Waals surface area contributed by atoms with Gasteiger partial charge in [0.2, 0.25) is 0 Å². The molecule has 4 atom stereocenters. The van der Waals surface area contributed by atoms with Gasteiger partial charge in [0.15, 0.2) is 6.04 Å². The van der Waals surface area contributed by atoms with E-state index in [9.17, 15) is 14.7 Å². The molecule has 18 heavy (non-hydrogen) atoms. The average molecular weight is 258 g/mol. The summed E-state index contributed by atoms with van der Waals surface area (Å²) in [6, 6.07) is -1.67. The smallest absolute Gasteiger partial charge is 0.328 e. The highest BCUT2D eigenvalue weighted by atomic mass is 16.4. The van der Waals surface area contributed by atoms with Gasteiger partial charge in [0.1, 0.15) is 0 Å². The molecule has 1 aliphatic rings. The molecule has 0 bridgehead atoms. The van der Waals surface area contributed by atoms with Crippen molar-refractivity contribution < 1.29 is 19.8 Å². The summed E-state index contributed by atoms with van der Waals surface area (Å²) in [4.78, 5) is 24.4. The molecule has 1 heterocycles. The van der Waals surface area contributed by atoms with Crippen molar-refractivity contribution in [2.75, 3.05) is 13.1 Å². The minimum absolute atomic E-state index is 0.402. The summed E-state index contributed by atoms with van der Waals surface area (Å²) in [6.07, 6.45) is -0.200. The second-order valence-electron chi connectivity index (χ2n) is 5.20. The minimum Gasteiger partial charge on any atom is -0.480 e. The Morgan fingerprint density at radius 2 is 1.94 bits per heavy atom. The van der Waals surface area contributed by atoms with Crippen LogP contribution in [0.2, 0.25) is 0 Å². The van der Waals surface area contributed by atoms with Crippen LogP contribution in [0.5, 0.6) is 0 Å². The third-order valence-corrected chi connectivity index (χ3v) is 3.65. The number of nitrogens with one attached hydrogen (secondary N) is 1. The van der Waals surface area contributed by atoms with Crippen molar-refractivity contribution in [1.82, 2.24) is 10.2 Å². The van der Waals surface area contributed by atoms with E-state index in [2.05, 4.69) is 19.2 Å². The van der Waals surface area contributed by atoms with Gasteiger partial charge < -0.3 is 20.4 Å². The van der Waals surface area contributed by atoms with Gasteiger partial charge in [-0.2, -0.15) is 0 Å². The maximum absolute atomic E-state index is 11.9. The molecule has 0 aromatic heterocycles. The summed E-state index contributed by atoms with van der Waals surface area (Å²) in [6.45, 7) is 6.83. The molecule has 1 fully saturated rings. The molecule has 1 rings (SSSR count). The first-order valence-corrected chi connectivity index (χ1v) is 6.29. The monoisotopic (exact) mass is 258 g/mol. The van der Waals surface area contributed by atoms with E-state index in [1.165, 1.54) is 6.92 Å². The van der Waals surface area contributed by atoms with Gasteiger partial charge in [-0.05, 0) is 25.2 Å². The van der Waals surface area contributed by atoms with Gasteiger partial charge in [-0.25, -0.2) is 9.59 Å². The van der Waals surface area contributed by atoms with E-state index in [1.54, 1.807) is 4.90 Å². The molecule has 4 unspecified atom stereocenters. The first-order valence-electron chi connectivity index (χ1n) is 6.29. The number of urea groups is 1. The Morgan fingerprint density at radius 3 is 2.39 bits per heavy atom. The van der Waals surface area contributed by atoms with Crippen LogP contribution in [0.25, 0.3) is 0 Å². The van der Waals surface area contributed by atoms with Gasteiger partial charge in [0.25, 0.3) is 0 Å². The number of carbonyl (C=O) groups is 2. The average Bonchev–Trinajstić information content (AvgIpc) is 2.28. The van der Waals surface area contributed by atoms with Crippen LogP contribution in [0, 0.1) is 11.8 Å². The zero-order chi connectivity index (χ0) is 13.9. The number of carbonyl (C=O) groups excluding carboxylic acids is 1. The number of aliphatic hydroxyl groups is 1. The van der Waals surface area contributed by atoms with Crippen LogP contribution in [0.15, 0.2) is 0 Å². The van der Waals surface area contributed by atoms with Crippen LogP contribution in [0.3, 0.4) is 0 Å². The molecule has 0 radical (unpaired) electrons. The molecule has 104 valence electrons. The topological polar surface area (TPSA) is 89.9 Å². The highest BCUT2D eigenvalue weighted by Gasteiger charge is 2.30. The lowest BCUT2D eigenvalue weighted by molar-refractivity contribution is -0.141. The van der Waals surface area contributed by atoms with E-state index in [4.69, 9.17) is 5.11 Å². The van der Waals surface area contributed by atoms with Crippen LogP contribution in [0.1, 0.15) is 27.2 Å². The van der Waals surface area contributed by atoms with E-state index in [-0.39, 0.29) is 0 Å². The number of rotatable bonds is 3. The number of aliphatic hydroxyl groups excluding tert-OH is 1. The van der Waals surface area contributed by atoms with Crippen LogP contribution >= 0.6 is 0 Å². The third-order valence-electron chi connectivity index (χ3n) is 3.65. The molecule has 3 N–H and O–H groups in total.